The van der Waals surface area contributed by atoms with Crippen molar-refractivity contribution in [1.82, 2.24) is 15.2 Å². The van der Waals surface area contributed by atoms with E-state index < -0.39 is 5.92 Å². The van der Waals surface area contributed by atoms with Crippen LogP contribution in [0.2, 0.25) is 0 Å². The molecule has 33 heavy (non-hydrogen) atoms. The number of thiophene rings is 1. The van der Waals surface area contributed by atoms with Gasteiger partial charge in [-0.1, -0.05) is 13.8 Å². The fourth-order valence-electron chi connectivity index (χ4n) is 4.25. The first-order valence-electron chi connectivity index (χ1n) is 11.7. The van der Waals surface area contributed by atoms with Crippen LogP contribution in [0.5, 0.6) is 0 Å². The molecular weight excluding hydrogens is 444 g/mol. The van der Waals surface area contributed by atoms with Gasteiger partial charge in [-0.15, -0.1) is 11.3 Å². The third-order valence-electron chi connectivity index (χ3n) is 5.99. The molecule has 1 amide bonds. The van der Waals surface area contributed by atoms with Crippen molar-refractivity contribution >= 4 is 17.2 Å². The van der Waals surface area contributed by atoms with Gasteiger partial charge in [0, 0.05) is 35.0 Å². The SMILES string of the molecule is CC.Cc1cc(C)c(CNC(=O)c2csc(CC3CCN(CC(C)(F)F)CC3)c2C)c(=O)[nH]1. The molecule has 5 nitrogen and oxygen atoms in total. The molecule has 2 N–H and O–H groups in total. The third kappa shape index (κ3) is 7.74. The van der Waals surface area contributed by atoms with Gasteiger partial charge >= 0.3 is 0 Å². The van der Waals surface area contributed by atoms with Gasteiger partial charge in [-0.25, -0.2) is 8.78 Å². The van der Waals surface area contributed by atoms with Crippen LogP contribution in [0.15, 0.2) is 16.2 Å². The van der Waals surface area contributed by atoms with Gasteiger partial charge in [-0.2, -0.15) is 0 Å². The summed E-state index contributed by atoms with van der Waals surface area (Å²) in [4.78, 5) is 30.7. The van der Waals surface area contributed by atoms with E-state index in [0.717, 1.165) is 43.0 Å². The Kier molecular flexibility index (Phi) is 9.79. The van der Waals surface area contributed by atoms with Gasteiger partial charge in [-0.05, 0) is 76.2 Å². The lowest BCUT2D eigenvalue weighted by Crippen LogP contribution is -2.40. The number of nitrogens with one attached hydrogen (secondary N) is 2. The first-order valence-corrected chi connectivity index (χ1v) is 12.6. The molecule has 1 saturated heterocycles. The zero-order valence-corrected chi connectivity index (χ0v) is 21.4. The number of amides is 1. The highest BCUT2D eigenvalue weighted by Crippen LogP contribution is 2.29. The molecule has 0 radical (unpaired) electrons. The first-order chi connectivity index (χ1) is 15.5. The Labute approximate surface area is 199 Å². The Morgan fingerprint density at radius 3 is 2.45 bits per heavy atom. The van der Waals surface area contributed by atoms with Crippen LogP contribution >= 0.6 is 11.3 Å². The number of alkyl halides is 2. The summed E-state index contributed by atoms with van der Waals surface area (Å²) in [7, 11) is 0. The molecule has 3 rings (SSSR count). The molecule has 1 aliphatic rings. The fourth-order valence-corrected chi connectivity index (χ4v) is 5.41. The second-order valence-electron chi connectivity index (χ2n) is 8.82. The highest BCUT2D eigenvalue weighted by molar-refractivity contribution is 7.10. The van der Waals surface area contributed by atoms with E-state index in [4.69, 9.17) is 0 Å². The number of aryl methyl sites for hydroxylation is 2. The number of halogens is 2. The summed E-state index contributed by atoms with van der Waals surface area (Å²) in [6.45, 7) is 12.0. The number of likely N-dealkylation sites (tertiary alicyclic amines) is 1. The number of aromatic amines is 1. The second kappa shape index (κ2) is 11.9. The van der Waals surface area contributed by atoms with Crippen LogP contribution in [-0.4, -0.2) is 41.3 Å². The molecule has 0 bridgehead atoms. The van der Waals surface area contributed by atoms with Gasteiger partial charge in [0.2, 0.25) is 0 Å². The number of pyridine rings is 1. The number of aromatic nitrogens is 1. The smallest absolute Gasteiger partial charge is 0.257 e. The number of hydrogen-bond donors (Lipinski definition) is 2. The Hall–Kier alpha value is -2.06. The monoisotopic (exact) mass is 481 g/mol. The predicted molar refractivity (Wildman–Crippen MR) is 132 cm³/mol. The van der Waals surface area contributed by atoms with E-state index in [-0.39, 0.29) is 24.6 Å². The zero-order chi connectivity index (χ0) is 24.8. The number of carbonyl (C=O) groups excluding carboxylic acids is 1. The fraction of sp³-hybridized carbons (Fsp3) is 0.600. The lowest BCUT2D eigenvalue weighted by atomic mass is 9.91. The maximum absolute atomic E-state index is 13.2. The highest BCUT2D eigenvalue weighted by atomic mass is 32.1. The minimum Gasteiger partial charge on any atom is -0.348 e. The standard InChI is InChI=1S/C23H31F2N3O2S.C2H6/c1-14-9-15(2)27-22(30)18(14)11-26-21(29)19-12-31-20(16(19)3)10-17-5-7-28(8-6-17)13-23(4,24)25;1-2/h9,12,17H,5-8,10-11,13H2,1-4H3,(H,26,29)(H,27,30);1-2H3. The summed E-state index contributed by atoms with van der Waals surface area (Å²) in [5, 5.41) is 4.75. The van der Waals surface area contributed by atoms with Crippen LogP contribution in [0.3, 0.4) is 0 Å². The normalized spacial score (nSPS) is 15.2. The number of piperidine rings is 1. The van der Waals surface area contributed by atoms with Crippen LogP contribution in [0.4, 0.5) is 8.78 Å². The third-order valence-corrected chi connectivity index (χ3v) is 7.10. The summed E-state index contributed by atoms with van der Waals surface area (Å²) in [5.74, 6) is -2.38. The summed E-state index contributed by atoms with van der Waals surface area (Å²) in [6.07, 6.45) is 2.66. The van der Waals surface area contributed by atoms with E-state index in [9.17, 15) is 18.4 Å². The van der Waals surface area contributed by atoms with Gasteiger partial charge in [0.05, 0.1) is 12.1 Å². The summed E-state index contributed by atoms with van der Waals surface area (Å²) < 4.78 is 26.4. The van der Waals surface area contributed by atoms with E-state index in [1.807, 2.05) is 51.0 Å². The maximum atomic E-state index is 13.2. The van der Waals surface area contributed by atoms with Crippen LogP contribution in [-0.2, 0) is 13.0 Å². The van der Waals surface area contributed by atoms with Gasteiger partial charge in [0.15, 0.2) is 0 Å². The molecule has 2 aromatic heterocycles. The van der Waals surface area contributed by atoms with E-state index in [1.165, 1.54) is 4.88 Å². The first kappa shape index (κ1) is 27.2. The molecule has 0 unspecified atom stereocenters. The van der Waals surface area contributed by atoms with Crippen molar-refractivity contribution in [2.75, 3.05) is 19.6 Å². The Balaban J connectivity index is 0.00000187. The molecule has 184 valence electrons. The lowest BCUT2D eigenvalue weighted by molar-refractivity contribution is -0.0222. The molecule has 0 aromatic carbocycles. The molecule has 2 aromatic rings. The maximum Gasteiger partial charge on any atom is 0.257 e. The van der Waals surface area contributed by atoms with Crippen molar-refractivity contribution < 1.29 is 13.6 Å². The quantitative estimate of drug-likeness (QED) is 0.569. The largest absolute Gasteiger partial charge is 0.348 e. The van der Waals surface area contributed by atoms with Crippen molar-refractivity contribution in [2.45, 2.75) is 73.3 Å². The Morgan fingerprint density at radius 2 is 1.88 bits per heavy atom. The van der Waals surface area contributed by atoms with Crippen molar-refractivity contribution in [3.63, 3.8) is 0 Å². The number of H-pyrrole nitrogens is 1. The minimum absolute atomic E-state index is 0.173. The van der Waals surface area contributed by atoms with Gasteiger partial charge in [-0.3, -0.25) is 14.5 Å². The second-order valence-corrected chi connectivity index (χ2v) is 9.78. The molecule has 0 spiro atoms. The number of rotatable bonds is 7. The predicted octanol–water partition coefficient (Wildman–Crippen LogP) is 5.23. The lowest BCUT2D eigenvalue weighted by Gasteiger charge is -2.33. The molecule has 0 atom stereocenters. The van der Waals surface area contributed by atoms with Crippen LogP contribution in [0, 0.1) is 26.7 Å². The van der Waals surface area contributed by atoms with Crippen molar-refractivity contribution in [1.29, 1.82) is 0 Å². The van der Waals surface area contributed by atoms with Crippen LogP contribution in [0.1, 0.15) is 71.2 Å². The van der Waals surface area contributed by atoms with Crippen LogP contribution < -0.4 is 10.9 Å². The Bertz CT molecular complexity index is 987. The van der Waals surface area contributed by atoms with E-state index >= 15 is 0 Å². The molecule has 0 saturated carbocycles. The van der Waals surface area contributed by atoms with Crippen LogP contribution in [0.25, 0.3) is 0 Å². The molecule has 1 aliphatic heterocycles. The minimum atomic E-state index is -2.65. The molecule has 3 heterocycles. The molecular formula is C25H37F2N3O2S. The van der Waals surface area contributed by atoms with Gasteiger partial charge in [0.25, 0.3) is 17.4 Å². The summed E-state index contributed by atoms with van der Waals surface area (Å²) >= 11 is 1.58. The average Bonchev–Trinajstić information content (AvgIpc) is 3.09. The van der Waals surface area contributed by atoms with E-state index in [0.29, 0.717) is 30.1 Å². The van der Waals surface area contributed by atoms with E-state index in [2.05, 4.69) is 10.3 Å². The number of nitrogens with zero attached hydrogens (tertiary/aromatic N) is 1. The Morgan fingerprint density at radius 1 is 1.24 bits per heavy atom. The van der Waals surface area contributed by atoms with Crippen molar-refractivity contribution in [2.24, 2.45) is 5.92 Å². The molecule has 8 heteroatoms. The summed E-state index contributed by atoms with van der Waals surface area (Å²) in [5.41, 5.74) is 3.66. The number of carbonyl (C=O) groups is 1. The average molecular weight is 482 g/mol. The van der Waals surface area contributed by atoms with Crippen molar-refractivity contribution in [3.8, 4) is 0 Å². The molecule has 0 aliphatic carbocycles. The topological polar surface area (TPSA) is 65.2 Å². The highest BCUT2D eigenvalue weighted by Gasteiger charge is 2.29. The molecule has 1 fully saturated rings. The number of hydrogen-bond acceptors (Lipinski definition) is 4. The van der Waals surface area contributed by atoms with Gasteiger partial charge < -0.3 is 10.3 Å². The van der Waals surface area contributed by atoms with E-state index in [1.54, 1.807) is 11.3 Å². The van der Waals surface area contributed by atoms with Gasteiger partial charge in [0.1, 0.15) is 0 Å². The zero-order valence-electron chi connectivity index (χ0n) is 20.6. The summed E-state index contributed by atoms with van der Waals surface area (Å²) in [6, 6.07) is 1.89. The van der Waals surface area contributed by atoms with Crippen molar-refractivity contribution in [3.05, 3.63) is 54.6 Å².